The van der Waals surface area contributed by atoms with Crippen molar-refractivity contribution in [3.05, 3.63) is 22.7 Å². The Bertz CT molecular complexity index is 473. The molecule has 0 heterocycles. The Morgan fingerprint density at radius 2 is 2.06 bits per heavy atom. The number of benzene rings is 1. The van der Waals surface area contributed by atoms with Crippen LogP contribution in [-0.2, 0) is 9.59 Å². The number of methoxy groups -OCH3 is 1. The first kappa shape index (κ1) is 14.3. The second-order valence-corrected chi connectivity index (χ2v) is 4.15. The Morgan fingerprint density at radius 3 is 2.61 bits per heavy atom. The number of carboxylic acids is 1. The van der Waals surface area contributed by atoms with E-state index in [0.717, 1.165) is 5.56 Å². The molecule has 1 amide bonds. The molecule has 0 aliphatic rings. The second kappa shape index (κ2) is 6.26. The van der Waals surface area contributed by atoms with Gasteiger partial charge in [0.15, 0.2) is 0 Å². The summed E-state index contributed by atoms with van der Waals surface area (Å²) in [7, 11) is 1.47. The number of carbonyl (C=O) groups is 2. The molecule has 1 aromatic rings. The van der Waals surface area contributed by atoms with E-state index in [1.165, 1.54) is 7.11 Å². The molecule has 5 nitrogen and oxygen atoms in total. The molecule has 0 radical (unpaired) electrons. The highest BCUT2D eigenvalue weighted by atomic mass is 35.5. The molecule has 1 aromatic carbocycles. The van der Waals surface area contributed by atoms with Crippen LogP contribution in [0, 0.1) is 6.92 Å². The van der Waals surface area contributed by atoms with Crippen LogP contribution < -0.4 is 10.1 Å². The molecule has 18 heavy (non-hydrogen) atoms. The van der Waals surface area contributed by atoms with Crippen LogP contribution >= 0.6 is 11.6 Å². The van der Waals surface area contributed by atoms with E-state index in [1.54, 1.807) is 19.1 Å². The van der Waals surface area contributed by atoms with Gasteiger partial charge in [0, 0.05) is 17.5 Å². The first-order valence-electron chi connectivity index (χ1n) is 5.30. The van der Waals surface area contributed by atoms with E-state index in [4.69, 9.17) is 21.4 Å². The number of ether oxygens (including phenoxy) is 1. The average Bonchev–Trinajstić information content (AvgIpc) is 2.31. The van der Waals surface area contributed by atoms with Gasteiger partial charge in [0.25, 0.3) is 0 Å². The van der Waals surface area contributed by atoms with Crippen molar-refractivity contribution in [2.24, 2.45) is 0 Å². The van der Waals surface area contributed by atoms with Crippen molar-refractivity contribution in [1.29, 1.82) is 0 Å². The molecule has 98 valence electrons. The summed E-state index contributed by atoms with van der Waals surface area (Å²) in [5, 5.41) is 11.6. The fraction of sp³-hybridized carbons (Fsp3) is 0.333. The molecule has 0 fully saturated rings. The molecule has 0 spiro atoms. The van der Waals surface area contributed by atoms with E-state index < -0.39 is 5.97 Å². The number of nitrogens with one attached hydrogen (secondary N) is 1. The predicted octanol–water partition coefficient (Wildman–Crippen LogP) is 2.46. The normalized spacial score (nSPS) is 9.94. The van der Waals surface area contributed by atoms with Crippen LogP contribution in [0.2, 0.25) is 5.02 Å². The molecular formula is C12H14ClNO4. The van der Waals surface area contributed by atoms with E-state index in [-0.39, 0.29) is 18.7 Å². The highest BCUT2D eigenvalue weighted by Crippen LogP contribution is 2.30. The van der Waals surface area contributed by atoms with E-state index in [2.05, 4.69) is 5.32 Å². The molecule has 0 aliphatic carbocycles. The highest BCUT2D eigenvalue weighted by Gasteiger charge is 2.11. The van der Waals surface area contributed by atoms with E-state index in [1.807, 2.05) is 0 Å². The lowest BCUT2D eigenvalue weighted by Gasteiger charge is -2.11. The topological polar surface area (TPSA) is 75.6 Å². The third-order valence-electron chi connectivity index (χ3n) is 2.32. The van der Waals surface area contributed by atoms with E-state index in [0.29, 0.717) is 16.5 Å². The number of halogens is 1. The molecule has 0 saturated heterocycles. The van der Waals surface area contributed by atoms with Gasteiger partial charge in [-0.3, -0.25) is 9.59 Å². The van der Waals surface area contributed by atoms with Gasteiger partial charge in [-0.15, -0.1) is 0 Å². The summed E-state index contributed by atoms with van der Waals surface area (Å²) in [4.78, 5) is 21.9. The maximum absolute atomic E-state index is 11.5. The molecule has 0 saturated carbocycles. The van der Waals surface area contributed by atoms with Crippen LogP contribution in [-0.4, -0.2) is 24.1 Å². The SMILES string of the molecule is COc1cc(Cl)c(C)cc1NC(=O)CCC(=O)O. The Morgan fingerprint density at radius 1 is 1.39 bits per heavy atom. The summed E-state index contributed by atoms with van der Waals surface area (Å²) < 4.78 is 5.09. The molecule has 0 atom stereocenters. The van der Waals surface area contributed by atoms with E-state index in [9.17, 15) is 9.59 Å². The number of hydrogen-bond donors (Lipinski definition) is 2. The molecule has 0 bridgehead atoms. The zero-order valence-corrected chi connectivity index (χ0v) is 10.9. The molecule has 1 rings (SSSR count). The van der Waals surface area contributed by atoms with Crippen molar-refractivity contribution in [3.8, 4) is 5.75 Å². The standard InChI is InChI=1S/C12H14ClNO4/c1-7-5-9(10(18-2)6-8(7)13)14-11(15)3-4-12(16)17/h5-6H,3-4H2,1-2H3,(H,14,15)(H,16,17). The highest BCUT2D eigenvalue weighted by molar-refractivity contribution is 6.31. The van der Waals surface area contributed by atoms with Gasteiger partial charge < -0.3 is 15.2 Å². The lowest BCUT2D eigenvalue weighted by molar-refractivity contribution is -0.138. The van der Waals surface area contributed by atoms with Gasteiger partial charge in [-0.1, -0.05) is 11.6 Å². The molecule has 6 heteroatoms. The Kier molecular flexibility index (Phi) is 4.97. The maximum Gasteiger partial charge on any atom is 0.303 e. The van der Waals surface area contributed by atoms with Crippen molar-refractivity contribution < 1.29 is 19.4 Å². The molecule has 0 unspecified atom stereocenters. The molecule has 2 N–H and O–H groups in total. The van der Waals surface area contributed by atoms with Crippen molar-refractivity contribution in [3.63, 3.8) is 0 Å². The Labute approximate surface area is 110 Å². The molecular weight excluding hydrogens is 258 g/mol. The second-order valence-electron chi connectivity index (χ2n) is 3.74. The van der Waals surface area contributed by atoms with Crippen molar-refractivity contribution in [1.82, 2.24) is 0 Å². The van der Waals surface area contributed by atoms with Crippen LogP contribution in [0.5, 0.6) is 5.75 Å². The third-order valence-corrected chi connectivity index (χ3v) is 2.73. The van der Waals surface area contributed by atoms with Gasteiger partial charge >= 0.3 is 5.97 Å². The summed E-state index contributed by atoms with van der Waals surface area (Å²) in [5.41, 5.74) is 1.28. The van der Waals surface area contributed by atoms with Crippen LogP contribution in [0.4, 0.5) is 5.69 Å². The summed E-state index contributed by atoms with van der Waals surface area (Å²) in [6.45, 7) is 1.80. The van der Waals surface area contributed by atoms with E-state index >= 15 is 0 Å². The fourth-order valence-electron chi connectivity index (χ4n) is 1.36. The third kappa shape index (κ3) is 3.92. The number of amides is 1. The first-order chi connectivity index (χ1) is 8.43. The lowest BCUT2D eigenvalue weighted by Crippen LogP contribution is -2.14. The van der Waals surface area contributed by atoms with Gasteiger partial charge in [-0.25, -0.2) is 0 Å². The predicted molar refractivity (Wildman–Crippen MR) is 68.2 cm³/mol. The van der Waals surface area contributed by atoms with Crippen molar-refractivity contribution in [2.75, 3.05) is 12.4 Å². The smallest absolute Gasteiger partial charge is 0.303 e. The summed E-state index contributed by atoms with van der Waals surface area (Å²) in [6.07, 6.45) is -0.291. The Balaban J connectivity index is 2.80. The van der Waals surface area contributed by atoms with Crippen molar-refractivity contribution in [2.45, 2.75) is 19.8 Å². The number of carbonyl (C=O) groups excluding carboxylic acids is 1. The largest absolute Gasteiger partial charge is 0.495 e. The maximum atomic E-state index is 11.5. The minimum Gasteiger partial charge on any atom is -0.495 e. The monoisotopic (exact) mass is 271 g/mol. The summed E-state index contributed by atoms with van der Waals surface area (Å²) in [5.74, 6) is -0.948. The summed E-state index contributed by atoms with van der Waals surface area (Å²) in [6, 6.07) is 3.28. The zero-order valence-electron chi connectivity index (χ0n) is 10.1. The fourth-order valence-corrected chi connectivity index (χ4v) is 1.52. The average molecular weight is 272 g/mol. The minimum absolute atomic E-state index is 0.0832. The summed E-state index contributed by atoms with van der Waals surface area (Å²) >= 11 is 5.93. The van der Waals surface area contributed by atoms with Gasteiger partial charge in [0.2, 0.25) is 5.91 Å². The van der Waals surface area contributed by atoms with Crippen molar-refractivity contribution >= 4 is 29.2 Å². The number of anilines is 1. The van der Waals surface area contributed by atoms with Crippen LogP contribution in [0.25, 0.3) is 0 Å². The first-order valence-corrected chi connectivity index (χ1v) is 5.67. The minimum atomic E-state index is -1.01. The van der Waals surface area contributed by atoms with Crippen LogP contribution in [0.3, 0.4) is 0 Å². The Hall–Kier alpha value is -1.75. The number of aryl methyl sites for hydroxylation is 1. The molecule has 0 aliphatic heterocycles. The lowest BCUT2D eigenvalue weighted by atomic mass is 10.2. The quantitative estimate of drug-likeness (QED) is 0.862. The number of hydrogen-bond acceptors (Lipinski definition) is 3. The number of rotatable bonds is 5. The van der Waals surface area contributed by atoms with Crippen LogP contribution in [0.1, 0.15) is 18.4 Å². The van der Waals surface area contributed by atoms with Gasteiger partial charge in [0.1, 0.15) is 5.75 Å². The van der Waals surface area contributed by atoms with Gasteiger partial charge in [-0.2, -0.15) is 0 Å². The zero-order chi connectivity index (χ0) is 13.7. The number of aliphatic carboxylic acids is 1. The van der Waals surface area contributed by atoms with Gasteiger partial charge in [-0.05, 0) is 18.6 Å². The molecule has 0 aromatic heterocycles. The number of carboxylic acid groups (broad SMARTS) is 1. The van der Waals surface area contributed by atoms with Crippen LogP contribution in [0.15, 0.2) is 12.1 Å². The van der Waals surface area contributed by atoms with Gasteiger partial charge in [0.05, 0.1) is 19.2 Å².